The minimum absolute atomic E-state index is 0.109. The van der Waals surface area contributed by atoms with Crippen molar-refractivity contribution in [2.24, 2.45) is 5.92 Å². The van der Waals surface area contributed by atoms with Gasteiger partial charge in [0.15, 0.2) is 11.5 Å². The van der Waals surface area contributed by atoms with Crippen molar-refractivity contribution < 1.29 is 19.0 Å². The van der Waals surface area contributed by atoms with Crippen molar-refractivity contribution in [1.82, 2.24) is 5.32 Å². The Kier molecular flexibility index (Phi) is 3.54. The van der Waals surface area contributed by atoms with Crippen LogP contribution in [0.15, 0.2) is 42.5 Å². The standard InChI is InChI=1S/C18H17NO4/c20-18(14-5-6-16-17(8-14)23-11-22-16)19-9-12-7-13-3-1-2-4-15(13)21-10-12/h1-6,8,12H,7,9-11H2,(H,19,20). The molecule has 1 atom stereocenters. The summed E-state index contributed by atoms with van der Waals surface area (Å²) in [4.78, 5) is 12.3. The van der Waals surface area contributed by atoms with Crippen LogP contribution in [0.3, 0.4) is 0 Å². The van der Waals surface area contributed by atoms with Crippen LogP contribution in [0.2, 0.25) is 0 Å². The highest BCUT2D eigenvalue weighted by atomic mass is 16.7. The van der Waals surface area contributed by atoms with E-state index in [-0.39, 0.29) is 18.6 Å². The average Bonchev–Trinajstić information content (AvgIpc) is 3.07. The van der Waals surface area contributed by atoms with Crippen LogP contribution in [0.1, 0.15) is 15.9 Å². The third-order valence-corrected chi connectivity index (χ3v) is 4.14. The van der Waals surface area contributed by atoms with E-state index in [4.69, 9.17) is 14.2 Å². The van der Waals surface area contributed by atoms with Crippen molar-refractivity contribution in [3.05, 3.63) is 53.6 Å². The molecule has 1 unspecified atom stereocenters. The van der Waals surface area contributed by atoms with Crippen LogP contribution in [-0.4, -0.2) is 25.9 Å². The summed E-state index contributed by atoms with van der Waals surface area (Å²) in [6.07, 6.45) is 0.914. The molecule has 2 aliphatic rings. The smallest absolute Gasteiger partial charge is 0.251 e. The molecule has 0 saturated carbocycles. The molecule has 2 aliphatic heterocycles. The van der Waals surface area contributed by atoms with E-state index in [0.717, 1.165) is 12.2 Å². The van der Waals surface area contributed by atoms with E-state index >= 15 is 0 Å². The maximum atomic E-state index is 12.3. The topological polar surface area (TPSA) is 56.8 Å². The fraction of sp³-hybridized carbons (Fsp3) is 0.278. The first kappa shape index (κ1) is 13.9. The van der Waals surface area contributed by atoms with Crippen LogP contribution in [0, 0.1) is 5.92 Å². The van der Waals surface area contributed by atoms with Gasteiger partial charge < -0.3 is 19.5 Å². The van der Waals surface area contributed by atoms with Gasteiger partial charge in [-0.15, -0.1) is 0 Å². The number of rotatable bonds is 3. The van der Waals surface area contributed by atoms with Crippen molar-refractivity contribution in [3.8, 4) is 17.2 Å². The molecule has 1 amide bonds. The monoisotopic (exact) mass is 311 g/mol. The first-order valence-electron chi connectivity index (χ1n) is 7.68. The Balaban J connectivity index is 1.37. The number of amides is 1. The number of carbonyl (C=O) groups excluding carboxylic acids is 1. The summed E-state index contributed by atoms with van der Waals surface area (Å²) >= 11 is 0. The summed E-state index contributed by atoms with van der Waals surface area (Å²) in [5, 5.41) is 2.98. The number of benzene rings is 2. The number of fused-ring (bicyclic) bond motifs is 2. The van der Waals surface area contributed by atoms with E-state index in [9.17, 15) is 4.79 Å². The fourth-order valence-electron chi connectivity index (χ4n) is 2.90. The Labute approximate surface area is 134 Å². The highest BCUT2D eigenvalue weighted by Gasteiger charge is 2.21. The number of hydrogen-bond donors (Lipinski definition) is 1. The van der Waals surface area contributed by atoms with Crippen molar-refractivity contribution in [1.29, 1.82) is 0 Å². The first-order valence-corrected chi connectivity index (χ1v) is 7.68. The van der Waals surface area contributed by atoms with E-state index in [2.05, 4.69) is 11.4 Å². The van der Waals surface area contributed by atoms with Crippen molar-refractivity contribution in [2.45, 2.75) is 6.42 Å². The zero-order valence-electron chi connectivity index (χ0n) is 12.6. The van der Waals surface area contributed by atoms with Gasteiger partial charge in [0, 0.05) is 18.0 Å². The minimum Gasteiger partial charge on any atom is -0.493 e. The van der Waals surface area contributed by atoms with E-state index in [1.54, 1.807) is 18.2 Å². The predicted molar refractivity (Wildman–Crippen MR) is 84.0 cm³/mol. The largest absolute Gasteiger partial charge is 0.493 e. The van der Waals surface area contributed by atoms with Gasteiger partial charge in [-0.25, -0.2) is 0 Å². The third kappa shape index (κ3) is 2.82. The lowest BCUT2D eigenvalue weighted by Crippen LogP contribution is -2.34. The molecule has 118 valence electrons. The van der Waals surface area contributed by atoms with E-state index < -0.39 is 0 Å². The summed E-state index contributed by atoms with van der Waals surface area (Å²) < 4.78 is 16.3. The quantitative estimate of drug-likeness (QED) is 0.945. The number of nitrogens with one attached hydrogen (secondary N) is 1. The fourth-order valence-corrected chi connectivity index (χ4v) is 2.90. The second kappa shape index (κ2) is 5.83. The van der Waals surface area contributed by atoms with Crippen LogP contribution in [-0.2, 0) is 6.42 Å². The summed E-state index contributed by atoms with van der Waals surface area (Å²) in [5.74, 6) is 2.42. The van der Waals surface area contributed by atoms with Crippen molar-refractivity contribution >= 4 is 5.91 Å². The Bertz CT molecular complexity index is 744. The third-order valence-electron chi connectivity index (χ3n) is 4.14. The number of para-hydroxylation sites is 1. The molecule has 1 N–H and O–H groups in total. The molecule has 4 rings (SSSR count). The molecule has 2 aromatic rings. The van der Waals surface area contributed by atoms with Crippen LogP contribution >= 0.6 is 0 Å². The van der Waals surface area contributed by atoms with Crippen LogP contribution < -0.4 is 19.5 Å². The van der Waals surface area contributed by atoms with E-state index in [0.29, 0.717) is 30.2 Å². The van der Waals surface area contributed by atoms with Gasteiger partial charge in [0.25, 0.3) is 5.91 Å². The molecule has 2 aromatic carbocycles. The number of hydrogen-bond acceptors (Lipinski definition) is 4. The summed E-state index contributed by atoms with van der Waals surface area (Å²) in [7, 11) is 0. The summed E-state index contributed by atoms with van der Waals surface area (Å²) in [6, 6.07) is 13.3. The second-order valence-corrected chi connectivity index (χ2v) is 5.77. The lowest BCUT2D eigenvalue weighted by Gasteiger charge is -2.25. The normalized spacial score (nSPS) is 18.0. The Morgan fingerprint density at radius 2 is 1.91 bits per heavy atom. The number of carbonyl (C=O) groups is 1. The van der Waals surface area contributed by atoms with E-state index in [1.165, 1.54) is 5.56 Å². The highest BCUT2D eigenvalue weighted by molar-refractivity contribution is 5.94. The summed E-state index contributed by atoms with van der Waals surface area (Å²) in [5.41, 5.74) is 1.77. The molecular weight excluding hydrogens is 294 g/mol. The lowest BCUT2D eigenvalue weighted by atomic mass is 9.96. The van der Waals surface area contributed by atoms with Crippen molar-refractivity contribution in [3.63, 3.8) is 0 Å². The molecule has 0 fully saturated rings. The zero-order chi connectivity index (χ0) is 15.6. The molecule has 2 heterocycles. The molecule has 0 saturated heterocycles. The molecule has 23 heavy (non-hydrogen) atoms. The SMILES string of the molecule is O=C(NCC1COc2ccccc2C1)c1ccc2c(c1)OCO2. The maximum Gasteiger partial charge on any atom is 0.251 e. The van der Waals surface area contributed by atoms with Crippen LogP contribution in [0.5, 0.6) is 17.2 Å². The molecule has 0 spiro atoms. The molecule has 0 aliphatic carbocycles. The van der Waals surface area contributed by atoms with Crippen LogP contribution in [0.25, 0.3) is 0 Å². The van der Waals surface area contributed by atoms with Gasteiger partial charge in [0.1, 0.15) is 5.75 Å². The van der Waals surface area contributed by atoms with Crippen LogP contribution in [0.4, 0.5) is 0 Å². The molecular formula is C18H17NO4. The average molecular weight is 311 g/mol. The summed E-state index contributed by atoms with van der Waals surface area (Å²) in [6.45, 7) is 1.42. The van der Waals surface area contributed by atoms with Crippen molar-refractivity contribution in [2.75, 3.05) is 19.9 Å². The van der Waals surface area contributed by atoms with Gasteiger partial charge >= 0.3 is 0 Å². The Morgan fingerprint density at radius 3 is 2.87 bits per heavy atom. The molecule has 5 heteroatoms. The molecule has 5 nitrogen and oxygen atoms in total. The Hall–Kier alpha value is -2.69. The number of ether oxygens (including phenoxy) is 3. The second-order valence-electron chi connectivity index (χ2n) is 5.77. The van der Waals surface area contributed by atoms with Gasteiger partial charge in [-0.2, -0.15) is 0 Å². The highest BCUT2D eigenvalue weighted by Crippen LogP contribution is 2.32. The zero-order valence-corrected chi connectivity index (χ0v) is 12.6. The lowest BCUT2D eigenvalue weighted by molar-refractivity contribution is 0.0938. The molecule has 0 bridgehead atoms. The van der Waals surface area contributed by atoms with E-state index in [1.807, 2.05) is 18.2 Å². The molecule has 0 radical (unpaired) electrons. The molecule has 0 aromatic heterocycles. The van der Waals surface area contributed by atoms with Gasteiger partial charge in [-0.1, -0.05) is 18.2 Å². The predicted octanol–water partition coefficient (Wildman–Crippen LogP) is 2.40. The first-order chi connectivity index (χ1) is 11.3. The maximum absolute atomic E-state index is 12.3. The van der Waals surface area contributed by atoms with Gasteiger partial charge in [-0.3, -0.25) is 4.79 Å². The van der Waals surface area contributed by atoms with Gasteiger partial charge in [0.2, 0.25) is 6.79 Å². The van der Waals surface area contributed by atoms with Gasteiger partial charge in [-0.05, 0) is 36.2 Å². The Morgan fingerprint density at radius 1 is 1.04 bits per heavy atom. The van der Waals surface area contributed by atoms with Gasteiger partial charge in [0.05, 0.1) is 6.61 Å². The minimum atomic E-state index is -0.109.